The van der Waals surface area contributed by atoms with Gasteiger partial charge in [-0.05, 0) is 31.7 Å². The first-order valence-corrected chi connectivity index (χ1v) is 8.29. The molecule has 2 rings (SSSR count). The Labute approximate surface area is 114 Å². The molecular weight excluding hydrogens is 262 g/mol. The van der Waals surface area contributed by atoms with Crippen LogP contribution in [0.5, 0.6) is 0 Å². The van der Waals surface area contributed by atoms with E-state index in [0.717, 1.165) is 12.8 Å². The van der Waals surface area contributed by atoms with Crippen molar-refractivity contribution in [3.63, 3.8) is 0 Å². The topological polar surface area (TPSA) is 71.1 Å². The number of nitrogens with zero attached hydrogens (tertiary/aromatic N) is 1. The standard InChI is InChI=1S/C13H21N3O2S/c1-2-14-13-9-12(7-8-15-13)19(17,18)16-10-11-5-3-4-6-11/h7-9,11,16H,2-6,10H2,1H3,(H,14,15). The summed E-state index contributed by atoms with van der Waals surface area (Å²) in [5, 5.41) is 3.01. The van der Waals surface area contributed by atoms with Gasteiger partial charge in [0.05, 0.1) is 4.90 Å². The molecule has 1 aliphatic carbocycles. The first-order valence-electron chi connectivity index (χ1n) is 6.81. The fraction of sp³-hybridized carbons (Fsp3) is 0.615. The maximum atomic E-state index is 12.2. The van der Waals surface area contributed by atoms with Gasteiger partial charge >= 0.3 is 0 Å². The zero-order valence-corrected chi connectivity index (χ0v) is 12.0. The minimum absolute atomic E-state index is 0.274. The average molecular weight is 283 g/mol. The van der Waals surface area contributed by atoms with Crippen LogP contribution in [0.15, 0.2) is 23.2 Å². The van der Waals surface area contributed by atoms with Crippen molar-refractivity contribution in [1.29, 1.82) is 0 Å². The van der Waals surface area contributed by atoms with E-state index in [1.807, 2.05) is 6.92 Å². The lowest BCUT2D eigenvalue weighted by molar-refractivity contribution is 0.519. The minimum atomic E-state index is -3.42. The second kappa shape index (κ2) is 6.34. The van der Waals surface area contributed by atoms with Crippen LogP contribution in [0.1, 0.15) is 32.6 Å². The first kappa shape index (κ1) is 14.3. The largest absolute Gasteiger partial charge is 0.370 e. The molecule has 5 nitrogen and oxygen atoms in total. The summed E-state index contributed by atoms with van der Waals surface area (Å²) < 4.78 is 27.1. The Morgan fingerprint density at radius 2 is 2.11 bits per heavy atom. The van der Waals surface area contributed by atoms with Gasteiger partial charge in [0.25, 0.3) is 0 Å². The molecule has 0 amide bonds. The molecule has 0 aliphatic heterocycles. The molecule has 0 radical (unpaired) electrons. The van der Waals surface area contributed by atoms with Gasteiger partial charge in [0.1, 0.15) is 5.82 Å². The predicted octanol–water partition coefficient (Wildman–Crippen LogP) is 1.98. The molecule has 1 aliphatic rings. The van der Waals surface area contributed by atoms with Gasteiger partial charge in [0.15, 0.2) is 0 Å². The molecule has 19 heavy (non-hydrogen) atoms. The van der Waals surface area contributed by atoms with Crippen molar-refractivity contribution in [3.05, 3.63) is 18.3 Å². The van der Waals surface area contributed by atoms with Crippen LogP contribution >= 0.6 is 0 Å². The zero-order chi connectivity index (χ0) is 13.7. The van der Waals surface area contributed by atoms with Gasteiger partial charge in [-0.1, -0.05) is 12.8 Å². The molecule has 2 N–H and O–H groups in total. The summed E-state index contributed by atoms with van der Waals surface area (Å²) in [6.07, 6.45) is 6.20. The summed E-state index contributed by atoms with van der Waals surface area (Å²) in [5.41, 5.74) is 0. The molecule has 1 saturated carbocycles. The Hall–Kier alpha value is -1.14. The fourth-order valence-corrected chi connectivity index (χ4v) is 3.51. The van der Waals surface area contributed by atoms with E-state index in [4.69, 9.17) is 0 Å². The van der Waals surface area contributed by atoms with Crippen LogP contribution in [0.4, 0.5) is 5.82 Å². The van der Waals surface area contributed by atoms with Crippen LogP contribution in [0.2, 0.25) is 0 Å². The van der Waals surface area contributed by atoms with Crippen LogP contribution in [0, 0.1) is 5.92 Å². The van der Waals surface area contributed by atoms with Gasteiger partial charge in [-0.25, -0.2) is 18.1 Å². The highest BCUT2D eigenvalue weighted by Crippen LogP contribution is 2.24. The zero-order valence-electron chi connectivity index (χ0n) is 11.2. The third-order valence-electron chi connectivity index (χ3n) is 3.44. The lowest BCUT2D eigenvalue weighted by atomic mass is 10.1. The summed E-state index contributed by atoms with van der Waals surface area (Å²) >= 11 is 0. The van der Waals surface area contributed by atoms with E-state index < -0.39 is 10.0 Å². The predicted molar refractivity (Wildman–Crippen MR) is 75.5 cm³/mol. The highest BCUT2D eigenvalue weighted by molar-refractivity contribution is 7.89. The van der Waals surface area contributed by atoms with E-state index >= 15 is 0 Å². The smallest absolute Gasteiger partial charge is 0.240 e. The van der Waals surface area contributed by atoms with Crippen molar-refractivity contribution in [2.45, 2.75) is 37.5 Å². The summed E-state index contributed by atoms with van der Waals surface area (Å²) in [7, 11) is -3.42. The van der Waals surface area contributed by atoms with Crippen molar-refractivity contribution < 1.29 is 8.42 Å². The highest BCUT2D eigenvalue weighted by atomic mass is 32.2. The van der Waals surface area contributed by atoms with E-state index in [9.17, 15) is 8.42 Å². The molecule has 6 heteroatoms. The van der Waals surface area contributed by atoms with E-state index in [2.05, 4.69) is 15.0 Å². The molecule has 1 aromatic heterocycles. The molecule has 1 heterocycles. The Morgan fingerprint density at radius 1 is 1.37 bits per heavy atom. The quantitative estimate of drug-likeness (QED) is 0.837. The molecule has 0 unspecified atom stereocenters. The van der Waals surface area contributed by atoms with Crippen LogP contribution < -0.4 is 10.0 Å². The SMILES string of the molecule is CCNc1cc(S(=O)(=O)NCC2CCCC2)ccn1. The van der Waals surface area contributed by atoms with Gasteiger partial charge in [-0.2, -0.15) is 0 Å². The molecule has 0 saturated heterocycles. The Morgan fingerprint density at radius 3 is 2.79 bits per heavy atom. The van der Waals surface area contributed by atoms with E-state index in [1.54, 1.807) is 6.07 Å². The van der Waals surface area contributed by atoms with Crippen molar-refractivity contribution in [1.82, 2.24) is 9.71 Å². The number of nitrogens with one attached hydrogen (secondary N) is 2. The molecule has 0 spiro atoms. The molecule has 0 bridgehead atoms. The van der Waals surface area contributed by atoms with Crippen LogP contribution in [-0.2, 0) is 10.0 Å². The number of pyridine rings is 1. The van der Waals surface area contributed by atoms with E-state index in [-0.39, 0.29) is 4.90 Å². The van der Waals surface area contributed by atoms with Crippen LogP contribution in [0.3, 0.4) is 0 Å². The van der Waals surface area contributed by atoms with Crippen molar-refractivity contribution in [2.24, 2.45) is 5.92 Å². The fourth-order valence-electron chi connectivity index (χ4n) is 2.38. The Balaban J connectivity index is 2.03. The summed E-state index contributed by atoms with van der Waals surface area (Å²) in [4.78, 5) is 4.35. The minimum Gasteiger partial charge on any atom is -0.370 e. The highest BCUT2D eigenvalue weighted by Gasteiger charge is 2.20. The number of aromatic nitrogens is 1. The lowest BCUT2D eigenvalue weighted by Crippen LogP contribution is -2.28. The first-order chi connectivity index (χ1) is 9.12. The van der Waals surface area contributed by atoms with Gasteiger partial charge < -0.3 is 5.32 Å². The lowest BCUT2D eigenvalue weighted by Gasteiger charge is -2.12. The number of sulfonamides is 1. The van der Waals surface area contributed by atoms with E-state index in [0.29, 0.717) is 24.8 Å². The number of hydrogen-bond acceptors (Lipinski definition) is 4. The van der Waals surface area contributed by atoms with Crippen molar-refractivity contribution >= 4 is 15.8 Å². The van der Waals surface area contributed by atoms with Crippen molar-refractivity contribution in [2.75, 3.05) is 18.4 Å². The normalized spacial score (nSPS) is 16.7. The summed E-state index contributed by atoms with van der Waals surface area (Å²) in [6, 6.07) is 3.10. The van der Waals surface area contributed by atoms with Gasteiger partial charge in [-0.3, -0.25) is 0 Å². The summed E-state index contributed by atoms with van der Waals surface area (Å²) in [6.45, 7) is 3.20. The maximum Gasteiger partial charge on any atom is 0.240 e. The molecule has 0 aromatic carbocycles. The molecule has 1 fully saturated rings. The Bertz CT molecular complexity index is 510. The van der Waals surface area contributed by atoms with Crippen LogP contribution in [0.25, 0.3) is 0 Å². The molecule has 106 valence electrons. The van der Waals surface area contributed by atoms with Crippen molar-refractivity contribution in [3.8, 4) is 0 Å². The third kappa shape index (κ3) is 3.91. The number of anilines is 1. The second-order valence-corrected chi connectivity index (χ2v) is 6.68. The van der Waals surface area contributed by atoms with Gasteiger partial charge in [-0.15, -0.1) is 0 Å². The monoisotopic (exact) mass is 283 g/mol. The number of rotatable bonds is 6. The summed E-state index contributed by atoms with van der Waals surface area (Å²) in [5.74, 6) is 1.08. The molecule has 1 aromatic rings. The Kier molecular flexibility index (Phi) is 4.76. The second-order valence-electron chi connectivity index (χ2n) is 4.91. The maximum absolute atomic E-state index is 12.2. The average Bonchev–Trinajstić information content (AvgIpc) is 2.90. The molecular formula is C13H21N3O2S. The third-order valence-corrected chi connectivity index (χ3v) is 4.86. The number of hydrogen-bond donors (Lipinski definition) is 2. The van der Waals surface area contributed by atoms with E-state index in [1.165, 1.54) is 25.1 Å². The van der Waals surface area contributed by atoms with Gasteiger partial charge in [0.2, 0.25) is 10.0 Å². The molecule has 0 atom stereocenters. The van der Waals surface area contributed by atoms with Gasteiger partial charge in [0, 0.05) is 25.4 Å². The van der Waals surface area contributed by atoms with Crippen LogP contribution in [-0.4, -0.2) is 26.5 Å².